The highest BCUT2D eigenvalue weighted by atomic mass is 35.5. The summed E-state index contributed by atoms with van der Waals surface area (Å²) in [6.07, 6.45) is 3.16. The smallest absolute Gasteiger partial charge is 0.300 e. The second kappa shape index (κ2) is 13.9. The van der Waals surface area contributed by atoms with Crippen molar-refractivity contribution in [1.82, 2.24) is 14.9 Å². The summed E-state index contributed by atoms with van der Waals surface area (Å²) in [6.45, 7) is 5.38. The second-order valence-electron chi connectivity index (χ2n) is 9.88. The Bertz CT molecular complexity index is 1530. The first-order valence-electron chi connectivity index (χ1n) is 13.5. The van der Waals surface area contributed by atoms with E-state index < -0.39 is 5.91 Å². The van der Waals surface area contributed by atoms with Crippen molar-refractivity contribution in [3.8, 4) is 17.6 Å². The maximum Gasteiger partial charge on any atom is 0.300 e. The van der Waals surface area contributed by atoms with E-state index in [0.29, 0.717) is 46.7 Å². The quantitative estimate of drug-likeness (QED) is 0.183. The number of carbonyl (C=O) groups is 2. The third-order valence-corrected chi connectivity index (χ3v) is 6.82. The maximum absolute atomic E-state index is 12.4. The number of ether oxygens (including phenoxy) is 1. The van der Waals surface area contributed by atoms with Crippen molar-refractivity contribution in [2.24, 2.45) is 0 Å². The monoisotopic (exact) mass is 590 g/mol. The van der Waals surface area contributed by atoms with Gasteiger partial charge in [-0.2, -0.15) is 4.98 Å². The van der Waals surface area contributed by atoms with Crippen LogP contribution in [-0.4, -0.2) is 67.5 Å². The minimum absolute atomic E-state index is 0.0327. The molecule has 0 aliphatic carbocycles. The van der Waals surface area contributed by atoms with Crippen LogP contribution < -0.4 is 30.9 Å². The number of nitrogens with one attached hydrogen (secondary N) is 4. The zero-order chi connectivity index (χ0) is 30.2. The summed E-state index contributed by atoms with van der Waals surface area (Å²) in [5.74, 6) is 5.77. The van der Waals surface area contributed by atoms with Gasteiger partial charge in [0.05, 0.1) is 41.7 Å². The summed E-state index contributed by atoms with van der Waals surface area (Å²) in [7, 11) is 5.60. The lowest BCUT2D eigenvalue weighted by molar-refractivity contribution is -0.116. The van der Waals surface area contributed by atoms with E-state index in [0.717, 1.165) is 36.3 Å². The van der Waals surface area contributed by atoms with Crippen molar-refractivity contribution in [2.75, 3.05) is 67.0 Å². The van der Waals surface area contributed by atoms with Gasteiger partial charge in [-0.25, -0.2) is 4.98 Å². The number of rotatable bonds is 11. The molecule has 0 radical (unpaired) electrons. The molecular weight excluding hydrogens is 556 g/mol. The Balaban J connectivity index is 1.63. The van der Waals surface area contributed by atoms with E-state index in [-0.39, 0.29) is 11.9 Å². The van der Waals surface area contributed by atoms with Crippen LogP contribution in [0.1, 0.15) is 25.8 Å². The van der Waals surface area contributed by atoms with Gasteiger partial charge in [0, 0.05) is 26.1 Å². The minimum atomic E-state index is -0.436. The van der Waals surface area contributed by atoms with E-state index >= 15 is 0 Å². The summed E-state index contributed by atoms with van der Waals surface area (Å²) in [4.78, 5) is 37.4. The number of anilines is 7. The van der Waals surface area contributed by atoms with Crippen molar-refractivity contribution in [3.05, 3.63) is 47.1 Å². The first-order chi connectivity index (χ1) is 20.2. The first kappa shape index (κ1) is 30.4. The average Bonchev–Trinajstić information content (AvgIpc) is 3.39. The summed E-state index contributed by atoms with van der Waals surface area (Å²) in [6, 6.07) is 9.35. The van der Waals surface area contributed by atoms with Crippen molar-refractivity contribution in [2.45, 2.75) is 26.7 Å². The van der Waals surface area contributed by atoms with Gasteiger partial charge in [0.1, 0.15) is 10.8 Å². The lowest BCUT2D eigenvalue weighted by Gasteiger charge is -2.20. The molecule has 220 valence electrons. The van der Waals surface area contributed by atoms with Gasteiger partial charge < -0.3 is 35.8 Å². The number of fused-ring (bicyclic) bond motifs is 1. The highest BCUT2D eigenvalue weighted by Crippen LogP contribution is 2.39. The Kier molecular flexibility index (Phi) is 10.1. The lowest BCUT2D eigenvalue weighted by Crippen LogP contribution is -2.26. The van der Waals surface area contributed by atoms with E-state index in [9.17, 15) is 9.59 Å². The average molecular weight is 591 g/mol. The van der Waals surface area contributed by atoms with Gasteiger partial charge in [-0.1, -0.05) is 29.7 Å². The topological polar surface area (TPSA) is 124 Å². The minimum Gasteiger partial charge on any atom is -0.494 e. The second-order valence-corrected chi connectivity index (χ2v) is 10.3. The standard InChI is InChI=1S/C30H35ClN8O3/c1-6-9-27(41)34-24-16-25(26(42-5)17-23(24)32-13-8-14-38(3)4)36-30-33-18-21(31)29(37-30)35-22-11-7-10-20-12-15-39(19(2)40)28(20)22/h7,10-11,16-18,32H,8,12-15H2,1-5H3,(H,34,41)(H2,33,35,36,37). The fraction of sp³-hybridized carbons (Fsp3) is 0.333. The number of aromatic nitrogens is 2. The predicted molar refractivity (Wildman–Crippen MR) is 169 cm³/mol. The number of para-hydroxylation sites is 1. The van der Waals surface area contributed by atoms with Gasteiger partial charge in [-0.15, -0.1) is 0 Å². The molecule has 0 spiro atoms. The van der Waals surface area contributed by atoms with Crippen LogP contribution in [0.25, 0.3) is 0 Å². The van der Waals surface area contributed by atoms with Gasteiger partial charge in [0.25, 0.3) is 5.91 Å². The molecule has 4 N–H and O–H groups in total. The predicted octanol–water partition coefficient (Wildman–Crippen LogP) is 4.86. The summed E-state index contributed by atoms with van der Waals surface area (Å²) < 4.78 is 5.66. The molecule has 0 saturated heterocycles. The Hall–Kier alpha value is -4.53. The van der Waals surface area contributed by atoms with Gasteiger partial charge >= 0.3 is 0 Å². The molecule has 0 atom stereocenters. The van der Waals surface area contributed by atoms with Gasteiger partial charge in [-0.05, 0) is 64.0 Å². The zero-order valence-corrected chi connectivity index (χ0v) is 25.1. The van der Waals surface area contributed by atoms with E-state index in [1.165, 1.54) is 6.20 Å². The molecule has 0 saturated carbocycles. The molecule has 1 aliphatic heterocycles. The highest BCUT2D eigenvalue weighted by Gasteiger charge is 2.25. The number of nitrogens with zero attached hydrogens (tertiary/aromatic N) is 4. The van der Waals surface area contributed by atoms with Crippen LogP contribution in [-0.2, 0) is 16.0 Å². The Labute approximate surface area is 251 Å². The lowest BCUT2D eigenvalue weighted by atomic mass is 10.1. The zero-order valence-electron chi connectivity index (χ0n) is 24.4. The van der Waals surface area contributed by atoms with Crippen LogP contribution >= 0.6 is 11.6 Å². The van der Waals surface area contributed by atoms with Gasteiger partial charge in [-0.3, -0.25) is 9.59 Å². The van der Waals surface area contributed by atoms with Crippen molar-refractivity contribution in [1.29, 1.82) is 0 Å². The molecule has 42 heavy (non-hydrogen) atoms. The fourth-order valence-corrected chi connectivity index (χ4v) is 4.75. The van der Waals surface area contributed by atoms with Crippen LogP contribution in [0, 0.1) is 11.8 Å². The number of amides is 2. The Morgan fingerprint density at radius 2 is 1.95 bits per heavy atom. The van der Waals surface area contributed by atoms with E-state index in [2.05, 4.69) is 48.0 Å². The molecule has 12 heteroatoms. The van der Waals surface area contributed by atoms with E-state index in [1.807, 2.05) is 32.3 Å². The SMILES string of the molecule is CC#CC(=O)Nc1cc(Nc2ncc(Cl)c(Nc3cccc4c3N(C(C)=O)CC4)n2)c(OC)cc1NCCCN(C)C. The number of hydrogen-bond acceptors (Lipinski definition) is 9. The third-order valence-electron chi connectivity index (χ3n) is 6.54. The highest BCUT2D eigenvalue weighted by molar-refractivity contribution is 6.33. The molecule has 1 aliphatic rings. The van der Waals surface area contributed by atoms with Gasteiger partial charge in [0.15, 0.2) is 5.82 Å². The molecular formula is C30H35ClN8O3. The molecule has 0 unspecified atom stereocenters. The normalized spacial score (nSPS) is 11.8. The number of benzene rings is 2. The molecule has 4 rings (SSSR count). The summed E-state index contributed by atoms with van der Waals surface area (Å²) in [5, 5.41) is 13.0. The number of halogens is 1. The van der Waals surface area contributed by atoms with Crippen LogP contribution in [0.2, 0.25) is 5.02 Å². The van der Waals surface area contributed by atoms with Gasteiger partial charge in [0.2, 0.25) is 11.9 Å². The third kappa shape index (κ3) is 7.40. The molecule has 2 heterocycles. The number of hydrogen-bond donors (Lipinski definition) is 4. The number of carbonyl (C=O) groups excluding carboxylic acids is 2. The fourth-order valence-electron chi connectivity index (χ4n) is 4.62. The van der Waals surface area contributed by atoms with E-state index in [4.69, 9.17) is 16.3 Å². The molecule has 0 fully saturated rings. The molecule has 3 aromatic rings. The van der Waals surface area contributed by atoms with Crippen LogP contribution in [0.15, 0.2) is 36.5 Å². The molecule has 0 bridgehead atoms. The van der Waals surface area contributed by atoms with Crippen molar-refractivity contribution < 1.29 is 14.3 Å². The van der Waals surface area contributed by atoms with Crippen molar-refractivity contribution in [3.63, 3.8) is 0 Å². The first-order valence-corrected chi connectivity index (χ1v) is 13.9. The molecule has 1 aromatic heterocycles. The van der Waals surface area contributed by atoms with Crippen LogP contribution in [0.3, 0.4) is 0 Å². The molecule has 2 aromatic carbocycles. The van der Waals surface area contributed by atoms with E-state index in [1.54, 1.807) is 38.0 Å². The number of methoxy groups -OCH3 is 1. The summed E-state index contributed by atoms with van der Waals surface area (Å²) >= 11 is 6.48. The van der Waals surface area contributed by atoms with Crippen LogP contribution in [0.4, 0.5) is 40.2 Å². The van der Waals surface area contributed by atoms with Crippen molar-refractivity contribution >= 4 is 63.6 Å². The van der Waals surface area contributed by atoms with Crippen LogP contribution in [0.5, 0.6) is 5.75 Å². The molecule has 2 amide bonds. The Morgan fingerprint density at radius 3 is 2.67 bits per heavy atom. The largest absolute Gasteiger partial charge is 0.494 e. The maximum atomic E-state index is 12.4. The Morgan fingerprint density at radius 1 is 1.14 bits per heavy atom. The summed E-state index contributed by atoms with van der Waals surface area (Å²) in [5.41, 5.74) is 4.34. The molecule has 11 nitrogen and oxygen atoms in total.